The fourth-order valence-electron chi connectivity index (χ4n) is 1.98. The smallest absolute Gasteiger partial charge is 0.232 e. The molecule has 0 unspecified atom stereocenters. The van der Waals surface area contributed by atoms with Crippen LogP contribution in [0.1, 0.15) is 25.7 Å². The van der Waals surface area contributed by atoms with Crippen LogP contribution in [0.4, 0.5) is 5.69 Å². The number of benzene rings is 1. The summed E-state index contributed by atoms with van der Waals surface area (Å²) in [5.41, 5.74) is 0.511. The normalized spacial score (nSPS) is 15.0. The molecule has 0 spiro atoms. The van der Waals surface area contributed by atoms with E-state index in [9.17, 15) is 8.42 Å². The quantitative estimate of drug-likeness (QED) is 0.650. The van der Waals surface area contributed by atoms with Crippen molar-refractivity contribution in [3.63, 3.8) is 0 Å². The van der Waals surface area contributed by atoms with Gasteiger partial charge in [0.2, 0.25) is 10.0 Å². The molecule has 0 saturated heterocycles. The minimum absolute atomic E-state index is 0.133. The molecule has 7 heteroatoms. The highest BCUT2D eigenvalue weighted by Gasteiger charge is 2.19. The van der Waals surface area contributed by atoms with Crippen molar-refractivity contribution in [1.29, 1.82) is 0 Å². The van der Waals surface area contributed by atoms with Crippen molar-refractivity contribution in [1.82, 2.24) is 5.32 Å². The summed E-state index contributed by atoms with van der Waals surface area (Å²) < 4.78 is 32.5. The van der Waals surface area contributed by atoms with Gasteiger partial charge in [-0.25, -0.2) is 8.42 Å². The second kappa shape index (κ2) is 7.47. The Balaban J connectivity index is 1.80. The third-order valence-corrected chi connectivity index (χ3v) is 5.06. The molecule has 0 aliphatic heterocycles. The van der Waals surface area contributed by atoms with Crippen LogP contribution in [0, 0.1) is 0 Å². The number of halogens is 1. The van der Waals surface area contributed by atoms with Crippen LogP contribution in [-0.2, 0) is 10.0 Å². The van der Waals surface area contributed by atoms with Crippen LogP contribution < -0.4 is 14.8 Å². The summed E-state index contributed by atoms with van der Waals surface area (Å²) in [4.78, 5) is 0. The first-order chi connectivity index (χ1) is 9.98. The van der Waals surface area contributed by atoms with E-state index in [4.69, 9.17) is 4.74 Å². The highest BCUT2D eigenvalue weighted by Crippen LogP contribution is 2.25. The zero-order valence-electron chi connectivity index (χ0n) is 12.1. The summed E-state index contributed by atoms with van der Waals surface area (Å²) in [5, 5.41) is 3.38. The number of unbranched alkanes of at least 4 members (excludes halogenated alkanes) is 1. The number of hydrogen-bond donors (Lipinski definition) is 2. The molecule has 0 radical (unpaired) electrons. The van der Waals surface area contributed by atoms with E-state index in [1.54, 1.807) is 25.3 Å². The topological polar surface area (TPSA) is 67.4 Å². The number of sulfonamides is 1. The first-order valence-electron chi connectivity index (χ1n) is 7.07. The van der Waals surface area contributed by atoms with Crippen molar-refractivity contribution < 1.29 is 13.2 Å². The van der Waals surface area contributed by atoms with Crippen molar-refractivity contribution in [2.75, 3.05) is 24.1 Å². The molecule has 0 amide bonds. The van der Waals surface area contributed by atoms with E-state index in [0.717, 1.165) is 17.4 Å². The monoisotopic (exact) mass is 376 g/mol. The molecule has 0 heterocycles. The molecule has 1 aliphatic carbocycles. The van der Waals surface area contributed by atoms with Gasteiger partial charge < -0.3 is 10.1 Å². The lowest BCUT2D eigenvalue weighted by molar-refractivity contribution is 0.415. The average molecular weight is 377 g/mol. The van der Waals surface area contributed by atoms with Crippen LogP contribution in [-0.4, -0.2) is 33.9 Å². The zero-order chi connectivity index (χ0) is 15.3. The van der Waals surface area contributed by atoms with E-state index < -0.39 is 10.0 Å². The predicted octanol–water partition coefficient (Wildman–Crippen LogP) is 2.73. The average Bonchev–Trinajstić information content (AvgIpc) is 3.21. The van der Waals surface area contributed by atoms with Gasteiger partial charge in [0.25, 0.3) is 0 Å². The number of methoxy groups -OCH3 is 1. The van der Waals surface area contributed by atoms with Crippen molar-refractivity contribution in [2.24, 2.45) is 0 Å². The molecule has 0 aromatic heterocycles. The SMILES string of the molecule is COc1cc(Br)cc(NS(=O)(=O)CCCCNC2CC2)c1. The van der Waals surface area contributed by atoms with Gasteiger partial charge in [-0.05, 0) is 44.4 Å². The maximum absolute atomic E-state index is 12.0. The summed E-state index contributed by atoms with van der Waals surface area (Å²) in [5.74, 6) is 0.740. The summed E-state index contributed by atoms with van der Waals surface area (Å²) >= 11 is 3.33. The molecule has 118 valence electrons. The van der Waals surface area contributed by atoms with Crippen molar-refractivity contribution >= 4 is 31.6 Å². The predicted molar refractivity (Wildman–Crippen MR) is 88.4 cm³/mol. The Bertz CT molecular complexity index is 574. The Morgan fingerprint density at radius 3 is 2.71 bits per heavy atom. The zero-order valence-corrected chi connectivity index (χ0v) is 14.5. The first kappa shape index (κ1) is 16.6. The van der Waals surface area contributed by atoms with Crippen LogP contribution in [0.2, 0.25) is 0 Å². The van der Waals surface area contributed by atoms with Crippen LogP contribution in [0.3, 0.4) is 0 Å². The fraction of sp³-hybridized carbons (Fsp3) is 0.571. The minimum atomic E-state index is -3.32. The fourth-order valence-corrected chi connectivity index (χ4v) is 3.62. The first-order valence-corrected chi connectivity index (χ1v) is 9.51. The van der Waals surface area contributed by atoms with E-state index in [-0.39, 0.29) is 5.75 Å². The van der Waals surface area contributed by atoms with E-state index in [0.29, 0.717) is 23.9 Å². The minimum Gasteiger partial charge on any atom is -0.497 e. The number of rotatable bonds is 9. The summed E-state index contributed by atoms with van der Waals surface area (Å²) in [6.07, 6.45) is 4.04. The van der Waals surface area contributed by atoms with Gasteiger partial charge in [-0.3, -0.25) is 4.72 Å². The van der Waals surface area contributed by atoms with Gasteiger partial charge >= 0.3 is 0 Å². The van der Waals surface area contributed by atoms with Crippen LogP contribution in [0.5, 0.6) is 5.75 Å². The molecule has 2 rings (SSSR count). The Morgan fingerprint density at radius 1 is 1.29 bits per heavy atom. The van der Waals surface area contributed by atoms with Crippen molar-refractivity contribution in [3.05, 3.63) is 22.7 Å². The van der Waals surface area contributed by atoms with E-state index in [1.165, 1.54) is 12.8 Å². The molecule has 1 saturated carbocycles. The standard InChI is InChI=1S/C14H21BrN2O3S/c1-20-14-9-11(15)8-13(10-14)17-21(18,19)7-3-2-6-16-12-4-5-12/h8-10,12,16-17H,2-7H2,1H3. The van der Waals surface area contributed by atoms with E-state index >= 15 is 0 Å². The molecule has 2 N–H and O–H groups in total. The summed E-state index contributed by atoms with van der Waals surface area (Å²) in [7, 11) is -1.77. The Hall–Kier alpha value is -0.790. The summed E-state index contributed by atoms with van der Waals surface area (Å²) in [6, 6.07) is 5.83. The molecular weight excluding hydrogens is 356 g/mol. The molecule has 0 bridgehead atoms. The van der Waals surface area contributed by atoms with Crippen molar-refractivity contribution in [2.45, 2.75) is 31.7 Å². The lowest BCUT2D eigenvalue weighted by atomic mass is 10.3. The van der Waals surface area contributed by atoms with Gasteiger partial charge in [0, 0.05) is 16.6 Å². The van der Waals surface area contributed by atoms with Crippen LogP contribution >= 0.6 is 15.9 Å². The highest BCUT2D eigenvalue weighted by molar-refractivity contribution is 9.10. The molecule has 0 atom stereocenters. The number of hydrogen-bond acceptors (Lipinski definition) is 4. The molecule has 21 heavy (non-hydrogen) atoms. The maximum atomic E-state index is 12.0. The Kier molecular flexibility index (Phi) is 5.89. The molecule has 1 fully saturated rings. The van der Waals surface area contributed by atoms with Crippen molar-refractivity contribution in [3.8, 4) is 5.75 Å². The molecule has 1 aliphatic rings. The van der Waals surface area contributed by atoms with E-state index in [2.05, 4.69) is 26.0 Å². The number of anilines is 1. The molecule has 5 nitrogen and oxygen atoms in total. The highest BCUT2D eigenvalue weighted by atomic mass is 79.9. The van der Waals surface area contributed by atoms with Gasteiger partial charge in [0.05, 0.1) is 18.6 Å². The van der Waals surface area contributed by atoms with Crippen LogP contribution in [0.25, 0.3) is 0 Å². The number of ether oxygens (including phenoxy) is 1. The molecular formula is C14H21BrN2O3S. The van der Waals surface area contributed by atoms with Gasteiger partial charge in [-0.1, -0.05) is 15.9 Å². The van der Waals surface area contributed by atoms with Gasteiger partial charge in [0.15, 0.2) is 0 Å². The summed E-state index contributed by atoms with van der Waals surface area (Å²) in [6.45, 7) is 0.894. The second-order valence-corrected chi connectivity index (χ2v) is 7.99. The maximum Gasteiger partial charge on any atom is 0.232 e. The molecule has 1 aromatic carbocycles. The third kappa shape index (κ3) is 6.23. The molecule has 1 aromatic rings. The van der Waals surface area contributed by atoms with E-state index in [1.807, 2.05) is 0 Å². The lowest BCUT2D eigenvalue weighted by Gasteiger charge is -2.10. The van der Waals surface area contributed by atoms with Gasteiger partial charge in [-0.2, -0.15) is 0 Å². The largest absolute Gasteiger partial charge is 0.497 e. The Labute approximate surface area is 134 Å². The third-order valence-electron chi connectivity index (χ3n) is 3.23. The Morgan fingerprint density at radius 2 is 2.05 bits per heavy atom. The van der Waals surface area contributed by atoms with Gasteiger partial charge in [-0.15, -0.1) is 0 Å². The lowest BCUT2D eigenvalue weighted by Crippen LogP contribution is -2.20. The number of nitrogens with one attached hydrogen (secondary N) is 2. The van der Waals surface area contributed by atoms with Crippen LogP contribution in [0.15, 0.2) is 22.7 Å². The van der Waals surface area contributed by atoms with Gasteiger partial charge in [0.1, 0.15) is 5.75 Å². The second-order valence-electron chi connectivity index (χ2n) is 5.24.